The lowest BCUT2D eigenvalue weighted by Crippen LogP contribution is -1.86. The first-order valence-electron chi connectivity index (χ1n) is 4.30. The number of hydrogen-bond acceptors (Lipinski definition) is 4. The quantitative estimate of drug-likeness (QED) is 0.340. The van der Waals surface area contributed by atoms with Crippen LogP contribution >= 0.6 is 11.9 Å². The molecule has 0 radical (unpaired) electrons. The van der Waals surface area contributed by atoms with Gasteiger partial charge in [0, 0.05) is 35.2 Å². The van der Waals surface area contributed by atoms with E-state index in [2.05, 4.69) is 4.40 Å². The SMILES string of the molecule is C/C=C/C=N/Sc1cccc([N+](=O)[O-])c1. The van der Waals surface area contributed by atoms with Crippen LogP contribution in [0, 0.1) is 10.1 Å². The Balaban J connectivity index is 2.69. The van der Waals surface area contributed by atoms with Gasteiger partial charge in [0.25, 0.3) is 5.69 Å². The lowest BCUT2D eigenvalue weighted by atomic mass is 10.3. The molecular weight excluding hydrogens is 212 g/mol. The van der Waals surface area contributed by atoms with Gasteiger partial charge in [-0.3, -0.25) is 10.1 Å². The summed E-state index contributed by atoms with van der Waals surface area (Å²) in [7, 11) is 0. The molecule has 1 aromatic carbocycles. The lowest BCUT2D eigenvalue weighted by molar-refractivity contribution is -0.385. The Morgan fingerprint density at radius 3 is 3.00 bits per heavy atom. The van der Waals surface area contributed by atoms with Crippen molar-refractivity contribution in [3.05, 3.63) is 46.5 Å². The molecule has 0 aliphatic carbocycles. The van der Waals surface area contributed by atoms with Gasteiger partial charge in [0.2, 0.25) is 0 Å². The van der Waals surface area contributed by atoms with E-state index >= 15 is 0 Å². The molecule has 0 fully saturated rings. The van der Waals surface area contributed by atoms with Gasteiger partial charge >= 0.3 is 0 Å². The molecule has 0 bridgehead atoms. The fourth-order valence-electron chi connectivity index (χ4n) is 0.866. The summed E-state index contributed by atoms with van der Waals surface area (Å²) < 4.78 is 4.01. The van der Waals surface area contributed by atoms with Crippen molar-refractivity contribution in [3.63, 3.8) is 0 Å². The smallest absolute Gasteiger partial charge is 0.258 e. The largest absolute Gasteiger partial charge is 0.270 e. The van der Waals surface area contributed by atoms with Crippen LogP contribution < -0.4 is 0 Å². The molecule has 0 spiro atoms. The molecule has 5 heteroatoms. The second-order valence-corrected chi connectivity index (χ2v) is 3.49. The molecule has 78 valence electrons. The van der Waals surface area contributed by atoms with Gasteiger partial charge in [-0.05, 0) is 19.1 Å². The van der Waals surface area contributed by atoms with Gasteiger partial charge in [-0.1, -0.05) is 12.1 Å². The van der Waals surface area contributed by atoms with Crippen LogP contribution in [0.15, 0.2) is 45.7 Å². The van der Waals surface area contributed by atoms with Crippen molar-refractivity contribution < 1.29 is 4.92 Å². The molecular formula is C10H10N2O2S. The predicted molar refractivity (Wildman–Crippen MR) is 62.3 cm³/mol. The summed E-state index contributed by atoms with van der Waals surface area (Å²) in [4.78, 5) is 10.8. The van der Waals surface area contributed by atoms with E-state index in [4.69, 9.17) is 0 Å². The average molecular weight is 222 g/mol. The summed E-state index contributed by atoms with van der Waals surface area (Å²) in [6.07, 6.45) is 5.30. The number of nitro benzene ring substituents is 1. The maximum absolute atomic E-state index is 10.5. The number of allylic oxidation sites excluding steroid dienone is 2. The summed E-state index contributed by atoms with van der Waals surface area (Å²) in [6, 6.07) is 6.38. The van der Waals surface area contributed by atoms with Gasteiger partial charge in [0.1, 0.15) is 0 Å². The van der Waals surface area contributed by atoms with E-state index in [9.17, 15) is 10.1 Å². The van der Waals surface area contributed by atoms with Crippen LogP contribution in [0.5, 0.6) is 0 Å². The van der Waals surface area contributed by atoms with Crippen LogP contribution in [0.3, 0.4) is 0 Å². The summed E-state index contributed by atoms with van der Waals surface area (Å²) in [5.41, 5.74) is 0.0845. The Morgan fingerprint density at radius 1 is 1.53 bits per heavy atom. The number of non-ortho nitro benzene ring substituents is 1. The van der Waals surface area contributed by atoms with Crippen molar-refractivity contribution in [2.24, 2.45) is 4.40 Å². The first-order valence-corrected chi connectivity index (χ1v) is 5.07. The molecule has 0 unspecified atom stereocenters. The molecule has 0 N–H and O–H groups in total. The minimum Gasteiger partial charge on any atom is -0.258 e. The zero-order chi connectivity index (χ0) is 11.1. The van der Waals surface area contributed by atoms with Crippen molar-refractivity contribution in [2.45, 2.75) is 11.8 Å². The lowest BCUT2D eigenvalue weighted by Gasteiger charge is -1.94. The fourth-order valence-corrected chi connectivity index (χ4v) is 1.43. The van der Waals surface area contributed by atoms with E-state index in [1.54, 1.807) is 24.4 Å². The van der Waals surface area contributed by atoms with E-state index in [0.717, 1.165) is 4.90 Å². The van der Waals surface area contributed by atoms with Crippen molar-refractivity contribution in [1.29, 1.82) is 0 Å². The molecule has 0 saturated heterocycles. The van der Waals surface area contributed by atoms with E-state index in [1.165, 1.54) is 24.1 Å². The fraction of sp³-hybridized carbons (Fsp3) is 0.100. The minimum absolute atomic E-state index is 0.0845. The van der Waals surface area contributed by atoms with Crippen molar-refractivity contribution in [1.82, 2.24) is 0 Å². The third-order valence-electron chi connectivity index (χ3n) is 1.53. The van der Waals surface area contributed by atoms with Gasteiger partial charge in [0.15, 0.2) is 0 Å². The normalized spacial score (nSPS) is 11.3. The van der Waals surface area contributed by atoms with Gasteiger partial charge in [0.05, 0.1) is 4.92 Å². The first kappa shape index (κ1) is 11.5. The molecule has 0 aromatic heterocycles. The number of benzene rings is 1. The maximum Gasteiger partial charge on any atom is 0.270 e. The predicted octanol–water partition coefficient (Wildman–Crippen LogP) is 3.25. The van der Waals surface area contributed by atoms with Gasteiger partial charge < -0.3 is 0 Å². The number of nitrogens with zero attached hydrogens (tertiary/aromatic N) is 2. The molecule has 1 aromatic rings. The molecule has 0 aliphatic heterocycles. The van der Waals surface area contributed by atoms with Crippen molar-refractivity contribution in [3.8, 4) is 0 Å². The molecule has 1 rings (SSSR count). The number of hydrogen-bond donors (Lipinski definition) is 0. The molecule has 0 aliphatic rings. The monoisotopic (exact) mass is 222 g/mol. The summed E-state index contributed by atoms with van der Waals surface area (Å²) in [6.45, 7) is 1.89. The Kier molecular flexibility index (Phi) is 4.56. The molecule has 0 heterocycles. The van der Waals surface area contributed by atoms with Gasteiger partial charge in [-0.25, -0.2) is 4.40 Å². The van der Waals surface area contributed by atoms with Crippen LogP contribution in [0.4, 0.5) is 5.69 Å². The highest BCUT2D eigenvalue weighted by Crippen LogP contribution is 2.23. The maximum atomic E-state index is 10.5. The van der Waals surface area contributed by atoms with E-state index in [-0.39, 0.29) is 5.69 Å². The summed E-state index contributed by atoms with van der Waals surface area (Å²) in [5.74, 6) is 0. The summed E-state index contributed by atoms with van der Waals surface area (Å²) >= 11 is 1.21. The van der Waals surface area contributed by atoms with E-state index in [1.807, 2.05) is 13.0 Å². The Labute approximate surface area is 92.0 Å². The molecule has 4 nitrogen and oxygen atoms in total. The standard InChI is InChI=1S/C10H10N2O2S/c1-2-3-7-11-15-10-6-4-5-9(8-10)12(13)14/h2-8H,1H3/b3-2+,11-7+. The molecule has 0 atom stereocenters. The highest BCUT2D eigenvalue weighted by atomic mass is 32.2. The van der Waals surface area contributed by atoms with E-state index < -0.39 is 4.92 Å². The second-order valence-electron chi connectivity index (χ2n) is 2.63. The Bertz CT molecular complexity index is 402. The number of nitro groups is 1. The second kappa shape index (κ2) is 5.98. The average Bonchev–Trinajstić information content (AvgIpc) is 2.25. The van der Waals surface area contributed by atoms with Crippen LogP contribution in [-0.2, 0) is 0 Å². The van der Waals surface area contributed by atoms with Crippen LogP contribution in [0.1, 0.15) is 6.92 Å². The van der Waals surface area contributed by atoms with Crippen LogP contribution in [0.2, 0.25) is 0 Å². The van der Waals surface area contributed by atoms with Gasteiger partial charge in [-0.2, -0.15) is 0 Å². The number of rotatable bonds is 4. The Morgan fingerprint density at radius 2 is 2.33 bits per heavy atom. The van der Waals surface area contributed by atoms with Crippen molar-refractivity contribution >= 4 is 23.8 Å². The van der Waals surface area contributed by atoms with Crippen LogP contribution in [-0.4, -0.2) is 11.1 Å². The first-order chi connectivity index (χ1) is 7.24. The third kappa shape index (κ3) is 3.95. The topological polar surface area (TPSA) is 55.5 Å². The molecule has 15 heavy (non-hydrogen) atoms. The Hall–Kier alpha value is -1.62. The highest BCUT2D eigenvalue weighted by Gasteiger charge is 2.04. The zero-order valence-corrected chi connectivity index (χ0v) is 8.98. The summed E-state index contributed by atoms with van der Waals surface area (Å²) in [5, 5.41) is 10.5. The minimum atomic E-state index is -0.417. The van der Waals surface area contributed by atoms with Crippen LogP contribution in [0.25, 0.3) is 0 Å². The highest BCUT2D eigenvalue weighted by molar-refractivity contribution is 7.98. The van der Waals surface area contributed by atoms with Crippen molar-refractivity contribution in [2.75, 3.05) is 0 Å². The molecule has 0 saturated carbocycles. The molecule has 0 amide bonds. The van der Waals surface area contributed by atoms with Gasteiger partial charge in [-0.15, -0.1) is 0 Å². The zero-order valence-electron chi connectivity index (χ0n) is 8.16. The third-order valence-corrected chi connectivity index (χ3v) is 2.22. The van der Waals surface area contributed by atoms with E-state index in [0.29, 0.717) is 0 Å².